The van der Waals surface area contributed by atoms with E-state index in [0.717, 1.165) is 12.8 Å². The minimum Gasteiger partial charge on any atom is -0.481 e. The maximum Gasteiger partial charge on any atom is 0.310 e. The normalized spacial score (nSPS) is 14.5. The van der Waals surface area contributed by atoms with E-state index >= 15 is 0 Å². The molecule has 1 atom stereocenters. The Morgan fingerprint density at radius 1 is 1.41 bits per heavy atom. The minimum atomic E-state index is -0.754. The molecule has 0 aliphatic carbocycles. The summed E-state index contributed by atoms with van der Waals surface area (Å²) in [6, 6.07) is 0. The quantitative estimate of drug-likeness (QED) is 0.792. The molecule has 0 radical (unpaired) electrons. The molecule has 1 aromatic heterocycles. The van der Waals surface area contributed by atoms with Crippen LogP contribution in [0.3, 0.4) is 0 Å². The molecule has 1 unspecified atom stereocenters. The Hall–Kier alpha value is -1.39. The fraction of sp³-hybridized carbons (Fsp3) is 0.750. The molecule has 1 aromatic rings. The fourth-order valence-electron chi connectivity index (χ4n) is 1.97. The highest BCUT2D eigenvalue weighted by Gasteiger charge is 2.37. The van der Waals surface area contributed by atoms with E-state index in [1.165, 1.54) is 0 Å². The smallest absolute Gasteiger partial charge is 0.310 e. The molecule has 0 fully saturated rings. The first-order valence-electron chi connectivity index (χ1n) is 6.07. The molecule has 0 amide bonds. The molecular formula is C12H20N2O3. The summed E-state index contributed by atoms with van der Waals surface area (Å²) in [5.74, 6) is -0.754. The molecule has 0 saturated heterocycles. The van der Waals surface area contributed by atoms with Gasteiger partial charge in [0.25, 0.3) is 0 Å². The van der Waals surface area contributed by atoms with Crippen molar-refractivity contribution in [3.8, 4) is 0 Å². The van der Waals surface area contributed by atoms with Gasteiger partial charge in [-0.15, -0.1) is 0 Å². The van der Waals surface area contributed by atoms with Crippen LogP contribution in [0.5, 0.6) is 0 Å². The molecule has 17 heavy (non-hydrogen) atoms. The fourth-order valence-corrected chi connectivity index (χ4v) is 1.97. The number of aryl methyl sites for hydroxylation is 1. The van der Waals surface area contributed by atoms with Crippen molar-refractivity contribution in [1.29, 1.82) is 0 Å². The first-order valence-corrected chi connectivity index (χ1v) is 6.07. The monoisotopic (exact) mass is 240 g/mol. The Balaban J connectivity index is 2.90. The molecule has 1 heterocycles. The van der Waals surface area contributed by atoms with Gasteiger partial charge < -0.3 is 5.11 Å². The number of carbonyl (C=O) groups is 1. The van der Waals surface area contributed by atoms with Gasteiger partial charge in [-0.25, -0.2) is 4.63 Å². The maximum absolute atomic E-state index is 11.5. The number of unbranched alkanes of at least 4 members (excludes halogenated alkanes) is 1. The number of aliphatic carboxylic acids is 1. The summed E-state index contributed by atoms with van der Waals surface area (Å²) in [6.45, 7) is 5.76. The molecule has 0 bridgehead atoms. The van der Waals surface area contributed by atoms with Crippen LogP contribution in [0.25, 0.3) is 0 Å². The van der Waals surface area contributed by atoms with Gasteiger partial charge in [-0.2, -0.15) is 0 Å². The second-order valence-corrected chi connectivity index (χ2v) is 4.52. The van der Waals surface area contributed by atoms with E-state index in [1.54, 1.807) is 6.92 Å². The van der Waals surface area contributed by atoms with Crippen LogP contribution >= 0.6 is 0 Å². The van der Waals surface area contributed by atoms with E-state index in [4.69, 9.17) is 0 Å². The summed E-state index contributed by atoms with van der Waals surface area (Å²) in [5.41, 5.74) is 0.602. The van der Waals surface area contributed by atoms with Gasteiger partial charge in [-0.1, -0.05) is 37.0 Å². The second kappa shape index (κ2) is 5.80. The lowest BCUT2D eigenvalue weighted by atomic mass is 9.76. The van der Waals surface area contributed by atoms with Crippen LogP contribution in [0.2, 0.25) is 0 Å². The number of hydrogen-bond donors (Lipinski definition) is 1. The Kier molecular flexibility index (Phi) is 4.66. The summed E-state index contributed by atoms with van der Waals surface area (Å²) in [5, 5.41) is 16.9. The topological polar surface area (TPSA) is 76.2 Å². The lowest BCUT2D eigenvalue weighted by Gasteiger charge is -2.27. The molecule has 1 rings (SSSR count). The number of aromatic nitrogens is 2. The third-order valence-electron chi connectivity index (χ3n) is 3.39. The van der Waals surface area contributed by atoms with Crippen LogP contribution in [0.1, 0.15) is 50.9 Å². The third kappa shape index (κ3) is 3.05. The van der Waals surface area contributed by atoms with Gasteiger partial charge in [-0.3, -0.25) is 4.79 Å². The minimum absolute atomic E-state index is 0.397. The first kappa shape index (κ1) is 13.7. The van der Waals surface area contributed by atoms with Crippen molar-refractivity contribution in [3.63, 3.8) is 0 Å². The summed E-state index contributed by atoms with van der Waals surface area (Å²) >= 11 is 0. The van der Waals surface area contributed by atoms with Crippen molar-refractivity contribution in [2.24, 2.45) is 5.41 Å². The van der Waals surface area contributed by atoms with Crippen LogP contribution in [-0.2, 0) is 11.2 Å². The Morgan fingerprint density at radius 2 is 2.12 bits per heavy atom. The van der Waals surface area contributed by atoms with Gasteiger partial charge in [-0.05, 0) is 19.8 Å². The molecule has 5 heteroatoms. The number of nitrogens with zero attached hydrogens (tertiary/aromatic N) is 2. The van der Waals surface area contributed by atoms with Crippen molar-refractivity contribution >= 4 is 5.97 Å². The molecular weight excluding hydrogens is 220 g/mol. The zero-order valence-corrected chi connectivity index (χ0v) is 10.7. The predicted octanol–water partition coefficient (Wildman–Crippen LogP) is 2.59. The summed E-state index contributed by atoms with van der Waals surface area (Å²) < 4.78 is 4.63. The summed E-state index contributed by atoms with van der Waals surface area (Å²) in [7, 11) is 0. The van der Waals surface area contributed by atoms with Crippen LogP contribution < -0.4 is 0 Å². The van der Waals surface area contributed by atoms with Gasteiger partial charge in [0.2, 0.25) is 0 Å². The van der Waals surface area contributed by atoms with E-state index in [9.17, 15) is 9.90 Å². The Bertz CT molecular complexity index is 376. The van der Waals surface area contributed by atoms with Crippen molar-refractivity contribution < 1.29 is 14.5 Å². The largest absolute Gasteiger partial charge is 0.481 e. The zero-order chi connectivity index (χ0) is 12.9. The Labute approximate surface area is 101 Å². The lowest BCUT2D eigenvalue weighted by Crippen LogP contribution is -2.33. The van der Waals surface area contributed by atoms with Crippen molar-refractivity contribution in [1.82, 2.24) is 10.3 Å². The van der Waals surface area contributed by atoms with Gasteiger partial charge >= 0.3 is 5.97 Å². The highest BCUT2D eigenvalue weighted by molar-refractivity contribution is 5.75. The summed E-state index contributed by atoms with van der Waals surface area (Å²) in [6.07, 6.45) is 3.56. The van der Waals surface area contributed by atoms with Crippen LogP contribution in [0, 0.1) is 12.3 Å². The molecule has 0 aliphatic heterocycles. The molecule has 0 aromatic carbocycles. The van der Waals surface area contributed by atoms with Crippen molar-refractivity contribution in [3.05, 3.63) is 11.4 Å². The molecule has 96 valence electrons. The van der Waals surface area contributed by atoms with Gasteiger partial charge in [0, 0.05) is 6.42 Å². The third-order valence-corrected chi connectivity index (χ3v) is 3.39. The highest BCUT2D eigenvalue weighted by atomic mass is 16.6. The lowest BCUT2D eigenvalue weighted by molar-refractivity contribution is -0.149. The van der Waals surface area contributed by atoms with Crippen molar-refractivity contribution in [2.45, 2.75) is 52.9 Å². The van der Waals surface area contributed by atoms with E-state index in [0.29, 0.717) is 30.7 Å². The zero-order valence-electron chi connectivity index (χ0n) is 10.7. The van der Waals surface area contributed by atoms with Crippen LogP contribution in [0.15, 0.2) is 4.63 Å². The van der Waals surface area contributed by atoms with Gasteiger partial charge in [0.1, 0.15) is 11.4 Å². The summed E-state index contributed by atoms with van der Waals surface area (Å²) in [4.78, 5) is 11.5. The molecule has 0 spiro atoms. The first-order chi connectivity index (χ1) is 8.05. The maximum atomic E-state index is 11.5. The van der Waals surface area contributed by atoms with E-state index in [1.807, 2.05) is 6.92 Å². The standard InChI is InChI=1S/C12H20N2O3/c1-4-6-7-12(5-2,11(15)16)8-10-9(3)13-17-14-10/h4-8H2,1-3H3,(H,15,16). The molecule has 0 aliphatic rings. The van der Waals surface area contributed by atoms with Gasteiger partial charge in [0.15, 0.2) is 0 Å². The average molecular weight is 240 g/mol. The van der Waals surface area contributed by atoms with Crippen molar-refractivity contribution in [2.75, 3.05) is 0 Å². The number of carboxylic acids is 1. The SMILES string of the molecule is CCCCC(CC)(Cc1nonc1C)C(=O)O. The molecule has 0 saturated carbocycles. The molecule has 5 nitrogen and oxygen atoms in total. The van der Waals surface area contributed by atoms with E-state index in [-0.39, 0.29) is 0 Å². The number of rotatable bonds is 7. The second-order valence-electron chi connectivity index (χ2n) is 4.52. The van der Waals surface area contributed by atoms with Crippen LogP contribution in [-0.4, -0.2) is 21.4 Å². The highest BCUT2D eigenvalue weighted by Crippen LogP contribution is 2.33. The number of carboxylic acid groups (broad SMARTS) is 1. The van der Waals surface area contributed by atoms with E-state index in [2.05, 4.69) is 21.9 Å². The molecule has 1 N–H and O–H groups in total. The van der Waals surface area contributed by atoms with Gasteiger partial charge in [0.05, 0.1) is 5.41 Å². The predicted molar refractivity (Wildman–Crippen MR) is 62.6 cm³/mol. The average Bonchev–Trinajstić information content (AvgIpc) is 2.70. The van der Waals surface area contributed by atoms with E-state index < -0.39 is 11.4 Å². The number of hydrogen-bond acceptors (Lipinski definition) is 4. The Morgan fingerprint density at radius 3 is 2.53 bits per heavy atom. The van der Waals surface area contributed by atoms with Crippen LogP contribution in [0.4, 0.5) is 0 Å².